The Kier molecular flexibility index (Phi) is 12.4. The zero-order valence-corrected chi connectivity index (χ0v) is 38.2. The Morgan fingerprint density at radius 3 is 1.34 bits per heavy atom. The zero-order chi connectivity index (χ0) is 44.7. The average Bonchev–Trinajstić information content (AvgIpc) is 4.09. The molecule has 2 spiro atoms. The van der Waals surface area contributed by atoms with Crippen LogP contribution in [0.2, 0.25) is 0 Å². The molecule has 340 valence electrons. The number of hydrogen-bond acceptors (Lipinski definition) is 10. The van der Waals surface area contributed by atoms with Gasteiger partial charge in [-0.25, -0.2) is 9.59 Å². The average molecular weight is 911 g/mol. The van der Waals surface area contributed by atoms with Crippen molar-refractivity contribution >= 4 is 32.4 Å². The lowest BCUT2D eigenvalue weighted by Gasteiger charge is -2.26. The van der Waals surface area contributed by atoms with Crippen molar-refractivity contribution in [1.82, 2.24) is 10.6 Å². The van der Waals surface area contributed by atoms with Gasteiger partial charge in [0.2, 0.25) is 0 Å². The van der Waals surface area contributed by atoms with Crippen LogP contribution in [0, 0.1) is 25.7 Å². The van der Waals surface area contributed by atoms with Gasteiger partial charge in [-0.1, -0.05) is 71.8 Å². The number of fused-ring (bicyclic) bond motifs is 2. The van der Waals surface area contributed by atoms with E-state index in [0.717, 1.165) is 88.2 Å². The van der Waals surface area contributed by atoms with E-state index in [9.17, 15) is 26.4 Å². The first-order chi connectivity index (χ1) is 30.6. The summed E-state index contributed by atoms with van der Waals surface area (Å²) in [5.41, 5.74) is 9.59. The molecule has 2 N–H and O–H groups in total. The molecule has 10 rings (SSSR count). The summed E-state index contributed by atoms with van der Waals surface area (Å²) in [7, 11) is -7.45. The highest BCUT2D eigenvalue weighted by Crippen LogP contribution is 2.45. The normalized spacial score (nSPS) is 27.2. The van der Waals surface area contributed by atoms with E-state index < -0.39 is 20.2 Å². The summed E-state index contributed by atoms with van der Waals surface area (Å²) in [5.74, 6) is 1.24. The molecule has 6 aliphatic rings. The fourth-order valence-electron chi connectivity index (χ4n) is 10.7. The van der Waals surface area contributed by atoms with Crippen LogP contribution in [0.5, 0.6) is 0 Å². The third kappa shape index (κ3) is 9.90. The molecule has 0 radical (unpaired) electrons. The lowest BCUT2D eigenvalue weighted by atomic mass is 9.82. The van der Waals surface area contributed by atoms with Gasteiger partial charge in [0.15, 0.2) is 0 Å². The number of carbonyl (C=O) groups excluding carboxylic acids is 2. The minimum absolute atomic E-state index is 0.189. The maximum atomic E-state index is 12.5. The number of carbonyl (C=O) groups is 2. The van der Waals surface area contributed by atoms with Gasteiger partial charge in [0.25, 0.3) is 20.2 Å². The van der Waals surface area contributed by atoms with Crippen LogP contribution in [-0.2, 0) is 63.8 Å². The van der Waals surface area contributed by atoms with Crippen LogP contribution in [0.15, 0.2) is 94.7 Å². The smallest absolute Gasteiger partial charge is 0.407 e. The summed E-state index contributed by atoms with van der Waals surface area (Å²) in [5, 5.41) is 6.03. The predicted octanol–water partition coefficient (Wildman–Crippen LogP) is 8.50. The molecule has 2 saturated carbocycles. The third-order valence-corrected chi connectivity index (χ3v) is 17.1. The molecular formula is C50H58N2O10S2. The fraction of sp³-hybridized carbons (Fsp3) is 0.480. The van der Waals surface area contributed by atoms with Crippen LogP contribution < -0.4 is 10.6 Å². The fourth-order valence-corrected chi connectivity index (χ4v) is 12.7. The summed E-state index contributed by atoms with van der Waals surface area (Å²) in [6, 6.07) is 26.9. The van der Waals surface area contributed by atoms with E-state index in [0.29, 0.717) is 25.0 Å². The number of benzene rings is 4. The summed E-state index contributed by atoms with van der Waals surface area (Å²) >= 11 is 0. The van der Waals surface area contributed by atoms with Crippen LogP contribution in [0.3, 0.4) is 0 Å². The monoisotopic (exact) mass is 910 g/mol. The zero-order valence-electron chi connectivity index (χ0n) is 36.6. The van der Waals surface area contributed by atoms with E-state index in [-0.39, 0.29) is 58.1 Å². The molecular weight excluding hydrogens is 853 g/mol. The molecule has 0 bridgehead atoms. The molecule has 12 nitrogen and oxygen atoms in total. The van der Waals surface area contributed by atoms with Crippen molar-refractivity contribution in [3.63, 3.8) is 0 Å². The quantitative estimate of drug-likeness (QED) is 0.148. The van der Waals surface area contributed by atoms with Crippen LogP contribution in [0.25, 0.3) is 0 Å². The van der Waals surface area contributed by atoms with Crippen molar-refractivity contribution in [2.75, 3.05) is 26.4 Å². The number of amides is 2. The molecule has 4 fully saturated rings. The third-order valence-electron chi connectivity index (χ3n) is 14.5. The van der Waals surface area contributed by atoms with Gasteiger partial charge in [0.05, 0.1) is 34.1 Å². The topological polar surface area (TPSA) is 163 Å². The summed E-state index contributed by atoms with van der Waals surface area (Å²) in [6.07, 6.45) is 10.6. The molecule has 2 saturated heterocycles. The van der Waals surface area contributed by atoms with Crippen LogP contribution in [0.1, 0.15) is 108 Å². The van der Waals surface area contributed by atoms with Crippen molar-refractivity contribution in [3.8, 4) is 0 Å². The van der Waals surface area contributed by atoms with Crippen LogP contribution >= 0.6 is 0 Å². The number of ether oxygens (including phenoxy) is 2. The Hall–Kier alpha value is -4.76. The number of hydrogen-bond donors (Lipinski definition) is 2. The standard InChI is InChI=1S/2C25H29NO5S/c2*1-17-2-8-23(9-3-17)32(28,29)31-15-18-4-5-20-13-21(7-6-19(20)12-18)22-10-11-25(14-22)16-30-24(27)26-25/h2*2-3,6-9,13,18,22H,4-5,10-12,14-16H2,1H3,(H,26,27)/t18-,22+,25-;18-,22-,25+/m10/s1. The highest BCUT2D eigenvalue weighted by atomic mass is 32.2. The molecule has 14 heteroatoms. The first kappa shape index (κ1) is 44.4. The van der Waals surface area contributed by atoms with Crippen molar-refractivity contribution in [2.24, 2.45) is 11.8 Å². The minimum atomic E-state index is -3.73. The molecule has 64 heavy (non-hydrogen) atoms. The Morgan fingerprint density at radius 2 is 0.969 bits per heavy atom. The number of aryl methyl sites for hydroxylation is 4. The second-order valence-electron chi connectivity index (χ2n) is 19.2. The molecule has 2 amide bonds. The van der Waals surface area contributed by atoms with Gasteiger partial charge in [-0.3, -0.25) is 8.37 Å². The van der Waals surface area contributed by atoms with E-state index in [4.69, 9.17) is 17.8 Å². The SMILES string of the molecule is Cc1ccc(S(=O)(=O)OC[C@@H]2CCc3cc([C@H]4CC[C@]5(COC(=O)N5)C4)ccc3C2)cc1.Cc1ccc(S(=O)(=O)OC[C@H]2CCc3cc([C@H]4CC[C@]5(COC(=O)N5)C4)ccc3C2)cc1. The molecule has 2 heterocycles. The summed E-state index contributed by atoms with van der Waals surface area (Å²) in [6.45, 7) is 5.22. The van der Waals surface area contributed by atoms with Gasteiger partial charge in [-0.05, 0) is 172 Å². The summed E-state index contributed by atoms with van der Waals surface area (Å²) in [4.78, 5) is 23.4. The van der Waals surface area contributed by atoms with E-state index in [2.05, 4.69) is 47.0 Å². The summed E-state index contributed by atoms with van der Waals surface area (Å²) < 4.78 is 71.1. The van der Waals surface area contributed by atoms with E-state index in [1.807, 2.05) is 13.8 Å². The van der Waals surface area contributed by atoms with E-state index >= 15 is 0 Å². The molecule has 4 aromatic carbocycles. The van der Waals surface area contributed by atoms with Gasteiger partial charge in [0.1, 0.15) is 13.2 Å². The number of alkyl carbamates (subject to hydrolysis) is 2. The Balaban J connectivity index is 0.000000162. The maximum Gasteiger partial charge on any atom is 0.407 e. The number of cyclic esters (lactones) is 2. The van der Waals surface area contributed by atoms with Gasteiger partial charge in [0, 0.05) is 0 Å². The Labute approximate surface area is 377 Å². The van der Waals surface area contributed by atoms with E-state index in [1.165, 1.54) is 33.4 Å². The molecule has 4 aromatic rings. The van der Waals surface area contributed by atoms with Gasteiger partial charge < -0.3 is 20.1 Å². The van der Waals surface area contributed by atoms with Gasteiger partial charge >= 0.3 is 12.2 Å². The molecule has 0 aromatic heterocycles. The first-order valence-corrected chi connectivity index (χ1v) is 25.5. The van der Waals surface area contributed by atoms with Gasteiger partial charge in [-0.2, -0.15) is 16.8 Å². The molecule has 4 aliphatic carbocycles. The van der Waals surface area contributed by atoms with Gasteiger partial charge in [-0.15, -0.1) is 0 Å². The van der Waals surface area contributed by atoms with Crippen LogP contribution in [0.4, 0.5) is 9.59 Å². The maximum absolute atomic E-state index is 12.5. The molecule has 0 unspecified atom stereocenters. The minimum Gasteiger partial charge on any atom is -0.447 e. The first-order valence-electron chi connectivity index (χ1n) is 22.7. The Bertz CT molecular complexity index is 2440. The van der Waals surface area contributed by atoms with E-state index in [1.54, 1.807) is 48.5 Å². The van der Waals surface area contributed by atoms with Crippen molar-refractivity contribution < 1.29 is 44.3 Å². The molecule has 6 atom stereocenters. The van der Waals surface area contributed by atoms with Crippen molar-refractivity contribution in [2.45, 2.75) is 124 Å². The van der Waals surface area contributed by atoms with Crippen molar-refractivity contribution in [1.29, 1.82) is 0 Å². The lowest BCUT2D eigenvalue weighted by molar-refractivity contribution is 0.171. The van der Waals surface area contributed by atoms with Crippen LogP contribution in [-0.4, -0.2) is 66.5 Å². The Morgan fingerprint density at radius 1 is 0.562 bits per heavy atom. The predicted molar refractivity (Wildman–Crippen MR) is 240 cm³/mol. The highest BCUT2D eigenvalue weighted by Gasteiger charge is 2.47. The second-order valence-corrected chi connectivity index (χ2v) is 22.5. The number of nitrogens with one attached hydrogen (secondary N) is 2. The van der Waals surface area contributed by atoms with Crippen molar-refractivity contribution in [3.05, 3.63) is 129 Å². The lowest BCUT2D eigenvalue weighted by Crippen LogP contribution is -2.40. The number of rotatable bonds is 10. The molecule has 2 aliphatic heterocycles. The highest BCUT2D eigenvalue weighted by molar-refractivity contribution is 7.87. The second kappa shape index (κ2) is 17.9. The largest absolute Gasteiger partial charge is 0.447 e.